The maximum absolute atomic E-state index is 12.3. The molecule has 1 heterocycles. The van der Waals surface area contributed by atoms with E-state index in [1.807, 2.05) is 13.8 Å². The van der Waals surface area contributed by atoms with E-state index in [1.165, 1.54) is 16.6 Å². The molecular formula is C11H19ClN4O2S. The van der Waals surface area contributed by atoms with Gasteiger partial charge in [-0.25, -0.2) is 23.5 Å². The fraction of sp³-hybridized carbons (Fsp3) is 0.545. The Morgan fingerprint density at radius 3 is 2.68 bits per heavy atom. The molecule has 1 atom stereocenters. The van der Waals surface area contributed by atoms with Crippen molar-refractivity contribution in [2.24, 2.45) is 11.8 Å². The van der Waals surface area contributed by atoms with E-state index in [9.17, 15) is 8.42 Å². The normalized spacial score (nSPS) is 13.6. The predicted octanol–water partition coefficient (Wildman–Crippen LogP) is 1.69. The van der Waals surface area contributed by atoms with Crippen LogP contribution in [0.4, 0.5) is 5.82 Å². The number of nitrogens with one attached hydrogen (secondary N) is 1. The van der Waals surface area contributed by atoms with E-state index in [-0.39, 0.29) is 21.7 Å². The molecular weight excluding hydrogens is 288 g/mol. The minimum atomic E-state index is -3.57. The lowest BCUT2D eigenvalue weighted by Crippen LogP contribution is -2.31. The van der Waals surface area contributed by atoms with Crippen LogP contribution in [0.2, 0.25) is 5.02 Å². The molecule has 3 N–H and O–H groups in total. The van der Waals surface area contributed by atoms with Crippen LogP contribution in [0.3, 0.4) is 0 Å². The number of nitrogen functional groups attached to an aromatic ring is 1. The van der Waals surface area contributed by atoms with Crippen molar-refractivity contribution >= 4 is 27.4 Å². The quantitative estimate of drug-likeness (QED) is 0.617. The molecule has 0 radical (unpaired) electrons. The number of sulfonamides is 1. The SMILES string of the molecule is CCC(C)CN(C)S(=O)(=O)c1cnc(NN)c(Cl)c1. The van der Waals surface area contributed by atoms with Crippen LogP contribution in [-0.4, -0.2) is 31.3 Å². The molecule has 1 rings (SSSR count). The molecule has 8 heteroatoms. The lowest BCUT2D eigenvalue weighted by atomic mass is 10.1. The van der Waals surface area contributed by atoms with Crippen LogP contribution in [0.1, 0.15) is 20.3 Å². The van der Waals surface area contributed by atoms with Crippen molar-refractivity contribution in [3.8, 4) is 0 Å². The van der Waals surface area contributed by atoms with E-state index in [0.717, 1.165) is 6.42 Å². The van der Waals surface area contributed by atoms with E-state index < -0.39 is 10.0 Å². The van der Waals surface area contributed by atoms with Crippen molar-refractivity contribution in [2.75, 3.05) is 19.0 Å². The van der Waals surface area contributed by atoms with Gasteiger partial charge in [-0.3, -0.25) is 0 Å². The molecule has 0 aliphatic carbocycles. The summed E-state index contributed by atoms with van der Waals surface area (Å²) in [5.41, 5.74) is 2.29. The summed E-state index contributed by atoms with van der Waals surface area (Å²) in [7, 11) is -2.03. The molecule has 0 aliphatic heterocycles. The summed E-state index contributed by atoms with van der Waals surface area (Å²) in [6.45, 7) is 4.47. The first kappa shape index (κ1) is 16.2. The number of pyridine rings is 1. The Morgan fingerprint density at radius 2 is 2.21 bits per heavy atom. The number of nitrogens with two attached hydrogens (primary N) is 1. The van der Waals surface area contributed by atoms with E-state index in [1.54, 1.807) is 7.05 Å². The fourth-order valence-corrected chi connectivity index (χ4v) is 3.06. The van der Waals surface area contributed by atoms with Gasteiger partial charge in [-0.15, -0.1) is 0 Å². The Kier molecular flexibility index (Phi) is 5.54. The topological polar surface area (TPSA) is 88.3 Å². The summed E-state index contributed by atoms with van der Waals surface area (Å²) in [6, 6.07) is 1.34. The van der Waals surface area contributed by atoms with Crippen molar-refractivity contribution in [3.05, 3.63) is 17.3 Å². The predicted molar refractivity (Wildman–Crippen MR) is 76.3 cm³/mol. The Morgan fingerprint density at radius 1 is 1.58 bits per heavy atom. The Labute approximate surface area is 119 Å². The number of hydrazine groups is 1. The molecule has 0 bridgehead atoms. The lowest BCUT2D eigenvalue weighted by Gasteiger charge is -2.20. The van der Waals surface area contributed by atoms with Gasteiger partial charge in [0.25, 0.3) is 0 Å². The number of halogens is 1. The van der Waals surface area contributed by atoms with Crippen LogP contribution < -0.4 is 11.3 Å². The van der Waals surface area contributed by atoms with Crippen LogP contribution >= 0.6 is 11.6 Å². The van der Waals surface area contributed by atoms with Gasteiger partial charge in [0.05, 0.1) is 5.02 Å². The third kappa shape index (κ3) is 3.79. The molecule has 19 heavy (non-hydrogen) atoms. The summed E-state index contributed by atoms with van der Waals surface area (Å²) >= 11 is 5.89. The van der Waals surface area contributed by atoms with E-state index in [4.69, 9.17) is 17.4 Å². The second kappa shape index (κ2) is 6.51. The first-order valence-electron chi connectivity index (χ1n) is 5.91. The van der Waals surface area contributed by atoms with Gasteiger partial charge in [-0.1, -0.05) is 31.9 Å². The highest BCUT2D eigenvalue weighted by Crippen LogP contribution is 2.23. The number of nitrogens with zero attached hydrogens (tertiary/aromatic N) is 2. The van der Waals surface area contributed by atoms with Crippen LogP contribution in [0.5, 0.6) is 0 Å². The van der Waals surface area contributed by atoms with E-state index in [2.05, 4.69) is 10.4 Å². The number of hydrogen-bond donors (Lipinski definition) is 2. The van der Waals surface area contributed by atoms with Gasteiger partial charge >= 0.3 is 0 Å². The van der Waals surface area contributed by atoms with Crippen molar-refractivity contribution in [2.45, 2.75) is 25.2 Å². The van der Waals surface area contributed by atoms with Gasteiger partial charge in [0.2, 0.25) is 10.0 Å². The number of hydrogen-bond acceptors (Lipinski definition) is 5. The average Bonchev–Trinajstić information content (AvgIpc) is 2.38. The monoisotopic (exact) mass is 306 g/mol. The van der Waals surface area contributed by atoms with Crippen LogP contribution in [0.25, 0.3) is 0 Å². The number of anilines is 1. The second-order valence-corrected chi connectivity index (χ2v) is 6.90. The standard InChI is InChI=1S/C11H19ClN4O2S/c1-4-8(2)7-16(3)19(17,18)9-5-10(12)11(15-13)14-6-9/h5-6,8H,4,7,13H2,1-3H3,(H,14,15). The number of rotatable bonds is 6. The molecule has 0 spiro atoms. The molecule has 0 saturated heterocycles. The highest BCUT2D eigenvalue weighted by Gasteiger charge is 2.23. The van der Waals surface area contributed by atoms with Crippen molar-refractivity contribution < 1.29 is 8.42 Å². The van der Waals surface area contributed by atoms with E-state index >= 15 is 0 Å². The first-order chi connectivity index (χ1) is 8.82. The number of aromatic nitrogens is 1. The van der Waals surface area contributed by atoms with Gasteiger partial charge in [0, 0.05) is 19.8 Å². The average molecular weight is 307 g/mol. The minimum Gasteiger partial charge on any atom is -0.307 e. The fourth-order valence-electron chi connectivity index (χ4n) is 1.51. The molecule has 0 aromatic carbocycles. The molecule has 0 amide bonds. The summed E-state index contributed by atoms with van der Waals surface area (Å²) in [5.74, 6) is 5.72. The molecule has 1 unspecified atom stereocenters. The summed E-state index contributed by atoms with van der Waals surface area (Å²) in [6.07, 6.45) is 2.15. The summed E-state index contributed by atoms with van der Waals surface area (Å²) in [4.78, 5) is 3.93. The van der Waals surface area contributed by atoms with Gasteiger partial charge in [-0.2, -0.15) is 0 Å². The maximum Gasteiger partial charge on any atom is 0.244 e. The highest BCUT2D eigenvalue weighted by atomic mass is 35.5. The Bertz CT molecular complexity index is 535. The van der Waals surface area contributed by atoms with Crippen molar-refractivity contribution in [1.29, 1.82) is 0 Å². The molecule has 0 fully saturated rings. The summed E-state index contributed by atoms with van der Waals surface area (Å²) < 4.78 is 25.9. The molecule has 6 nitrogen and oxygen atoms in total. The van der Waals surface area contributed by atoms with Crippen LogP contribution in [-0.2, 0) is 10.0 Å². The third-order valence-corrected chi connectivity index (χ3v) is 5.00. The Hall–Kier alpha value is -0.890. The second-order valence-electron chi connectivity index (χ2n) is 4.44. The zero-order chi connectivity index (χ0) is 14.6. The summed E-state index contributed by atoms with van der Waals surface area (Å²) in [5, 5.41) is 0.167. The molecule has 0 saturated carbocycles. The first-order valence-corrected chi connectivity index (χ1v) is 7.73. The van der Waals surface area contributed by atoms with Gasteiger partial charge in [0.1, 0.15) is 4.90 Å². The molecule has 108 valence electrons. The third-order valence-electron chi connectivity index (χ3n) is 2.93. The maximum atomic E-state index is 12.3. The van der Waals surface area contributed by atoms with Crippen LogP contribution in [0, 0.1) is 5.92 Å². The van der Waals surface area contributed by atoms with Crippen molar-refractivity contribution in [1.82, 2.24) is 9.29 Å². The Balaban J connectivity index is 3.03. The smallest absolute Gasteiger partial charge is 0.244 e. The van der Waals surface area contributed by atoms with Crippen molar-refractivity contribution in [3.63, 3.8) is 0 Å². The molecule has 1 aromatic rings. The molecule has 1 aromatic heterocycles. The van der Waals surface area contributed by atoms with E-state index in [0.29, 0.717) is 6.54 Å². The highest BCUT2D eigenvalue weighted by molar-refractivity contribution is 7.89. The van der Waals surface area contributed by atoms with Gasteiger partial charge < -0.3 is 5.43 Å². The minimum absolute atomic E-state index is 0.0577. The lowest BCUT2D eigenvalue weighted by molar-refractivity contribution is 0.393. The largest absolute Gasteiger partial charge is 0.307 e. The van der Waals surface area contributed by atoms with Gasteiger partial charge in [-0.05, 0) is 12.0 Å². The van der Waals surface area contributed by atoms with Gasteiger partial charge in [0.15, 0.2) is 5.82 Å². The zero-order valence-corrected chi connectivity index (χ0v) is 12.8. The zero-order valence-electron chi connectivity index (χ0n) is 11.2. The molecule has 0 aliphatic rings. The van der Waals surface area contributed by atoms with Crippen LogP contribution in [0.15, 0.2) is 17.2 Å².